The van der Waals surface area contributed by atoms with Crippen LogP contribution < -0.4 is 0 Å². The Hall–Kier alpha value is -0.950. The van der Waals surface area contributed by atoms with Gasteiger partial charge in [0.05, 0.1) is 19.1 Å². The van der Waals surface area contributed by atoms with Gasteiger partial charge in [0.25, 0.3) is 0 Å². The Bertz CT molecular complexity index is 340. The van der Waals surface area contributed by atoms with Gasteiger partial charge in [-0.15, -0.1) is 0 Å². The zero-order valence-corrected chi connectivity index (χ0v) is 13.2. The van der Waals surface area contributed by atoms with Crippen molar-refractivity contribution in [3.8, 4) is 0 Å². The zero-order valence-electron chi connectivity index (χ0n) is 12.4. The number of nitrogens with zero attached hydrogens (tertiary/aromatic N) is 2. The van der Waals surface area contributed by atoms with Crippen molar-refractivity contribution in [2.45, 2.75) is 31.9 Å². The lowest BCUT2D eigenvalue weighted by atomic mass is 10.2. The number of carboxylic acids is 1. The predicted octanol–water partition coefficient (Wildman–Crippen LogP) is 1.36. The Morgan fingerprint density at radius 3 is 2.80 bits per heavy atom. The van der Waals surface area contributed by atoms with Crippen molar-refractivity contribution in [3.05, 3.63) is 0 Å². The largest absolute Gasteiger partial charge is 0.481 e. The van der Waals surface area contributed by atoms with Crippen LogP contribution in [-0.2, 0) is 9.53 Å². The summed E-state index contributed by atoms with van der Waals surface area (Å²) in [6.07, 6.45) is 2.47. The average Bonchev–Trinajstić information content (AvgIpc) is 2.42. The van der Waals surface area contributed by atoms with Gasteiger partial charge in [0.2, 0.25) is 0 Å². The standard InChI is InChI=1S/C13H24N2O4S/c1-4-10(9-20-3)14(2)13(18)15-5-6-19-11(8-15)7-12(16)17/h10-11H,4-9H2,1-3H3,(H,16,17). The van der Waals surface area contributed by atoms with Gasteiger partial charge < -0.3 is 19.6 Å². The van der Waals surface area contributed by atoms with Gasteiger partial charge >= 0.3 is 12.0 Å². The van der Waals surface area contributed by atoms with Gasteiger partial charge in [0, 0.05) is 31.9 Å². The van der Waals surface area contributed by atoms with E-state index in [0.29, 0.717) is 19.7 Å². The highest BCUT2D eigenvalue weighted by molar-refractivity contribution is 7.98. The number of carboxylic acid groups (broad SMARTS) is 1. The molecule has 7 heteroatoms. The molecule has 1 rings (SSSR count). The number of carbonyl (C=O) groups excluding carboxylic acids is 1. The van der Waals surface area contributed by atoms with E-state index in [9.17, 15) is 9.59 Å². The maximum Gasteiger partial charge on any atom is 0.320 e. The molecule has 1 heterocycles. The summed E-state index contributed by atoms with van der Waals surface area (Å²) in [5.41, 5.74) is 0. The van der Waals surface area contributed by atoms with Crippen LogP contribution in [0.2, 0.25) is 0 Å². The first kappa shape index (κ1) is 17.1. The summed E-state index contributed by atoms with van der Waals surface area (Å²) in [6.45, 7) is 3.34. The molecule has 2 unspecified atom stereocenters. The predicted molar refractivity (Wildman–Crippen MR) is 79.2 cm³/mol. The van der Waals surface area contributed by atoms with E-state index in [0.717, 1.165) is 12.2 Å². The summed E-state index contributed by atoms with van der Waals surface area (Å²) in [5.74, 6) is 0.00761. The lowest BCUT2D eigenvalue weighted by Crippen LogP contribution is -2.53. The minimum atomic E-state index is -0.897. The minimum absolute atomic E-state index is 0.0374. The van der Waals surface area contributed by atoms with Crippen LogP contribution in [0.3, 0.4) is 0 Å². The van der Waals surface area contributed by atoms with E-state index in [4.69, 9.17) is 9.84 Å². The summed E-state index contributed by atoms with van der Waals surface area (Å²) in [7, 11) is 1.81. The monoisotopic (exact) mass is 304 g/mol. The Labute approximate surface area is 124 Å². The molecular weight excluding hydrogens is 280 g/mol. The number of amides is 2. The Kier molecular flexibility index (Phi) is 7.15. The molecule has 0 spiro atoms. The zero-order chi connectivity index (χ0) is 15.1. The number of hydrogen-bond donors (Lipinski definition) is 1. The van der Waals surface area contributed by atoms with Crippen molar-refractivity contribution in [1.29, 1.82) is 0 Å². The molecule has 116 valence electrons. The van der Waals surface area contributed by atoms with Gasteiger partial charge in [0.1, 0.15) is 0 Å². The number of aliphatic carboxylic acids is 1. The van der Waals surface area contributed by atoms with E-state index < -0.39 is 12.1 Å². The Morgan fingerprint density at radius 2 is 2.25 bits per heavy atom. The smallest absolute Gasteiger partial charge is 0.320 e. The first-order chi connectivity index (χ1) is 9.49. The number of carbonyl (C=O) groups is 2. The molecule has 0 aromatic rings. The van der Waals surface area contributed by atoms with Crippen molar-refractivity contribution in [1.82, 2.24) is 9.80 Å². The fraction of sp³-hybridized carbons (Fsp3) is 0.846. The van der Waals surface area contributed by atoms with Crippen molar-refractivity contribution in [2.75, 3.05) is 38.8 Å². The van der Waals surface area contributed by atoms with E-state index in [2.05, 4.69) is 6.92 Å². The van der Waals surface area contributed by atoms with Crippen molar-refractivity contribution in [3.63, 3.8) is 0 Å². The fourth-order valence-corrected chi connectivity index (χ4v) is 3.13. The molecule has 1 N–H and O–H groups in total. The molecule has 0 radical (unpaired) electrons. The van der Waals surface area contributed by atoms with E-state index >= 15 is 0 Å². The Balaban J connectivity index is 2.58. The third-order valence-electron chi connectivity index (χ3n) is 3.49. The molecule has 1 aliphatic heterocycles. The van der Waals surface area contributed by atoms with Crippen LogP contribution in [-0.4, -0.2) is 77.8 Å². The van der Waals surface area contributed by atoms with E-state index in [1.807, 2.05) is 13.3 Å². The quantitative estimate of drug-likeness (QED) is 0.802. The van der Waals surface area contributed by atoms with Gasteiger partial charge in [-0.1, -0.05) is 6.92 Å². The summed E-state index contributed by atoms with van der Waals surface area (Å²) < 4.78 is 5.39. The summed E-state index contributed by atoms with van der Waals surface area (Å²) >= 11 is 1.72. The van der Waals surface area contributed by atoms with Gasteiger partial charge in [-0.3, -0.25) is 4.79 Å². The SMILES string of the molecule is CCC(CSC)N(C)C(=O)N1CCOC(CC(=O)O)C1. The molecule has 1 aliphatic rings. The number of hydrogen-bond acceptors (Lipinski definition) is 4. The number of rotatable bonds is 6. The van der Waals surface area contributed by atoms with Crippen LogP contribution in [0.5, 0.6) is 0 Å². The summed E-state index contributed by atoms with van der Waals surface area (Å²) in [5, 5.41) is 8.80. The minimum Gasteiger partial charge on any atom is -0.481 e. The third kappa shape index (κ3) is 4.86. The second-order valence-electron chi connectivity index (χ2n) is 4.95. The number of ether oxygens (including phenoxy) is 1. The average molecular weight is 304 g/mol. The molecule has 20 heavy (non-hydrogen) atoms. The van der Waals surface area contributed by atoms with Crippen LogP contribution in [0.4, 0.5) is 4.79 Å². The lowest BCUT2D eigenvalue weighted by molar-refractivity contribution is -0.141. The van der Waals surface area contributed by atoms with Gasteiger partial charge in [-0.25, -0.2) is 4.79 Å². The van der Waals surface area contributed by atoms with Gasteiger partial charge in [0.15, 0.2) is 0 Å². The molecule has 1 fully saturated rings. The molecule has 2 amide bonds. The van der Waals surface area contributed by atoms with Crippen LogP contribution >= 0.6 is 11.8 Å². The molecule has 1 saturated heterocycles. The molecule has 0 aromatic carbocycles. The Morgan fingerprint density at radius 1 is 1.55 bits per heavy atom. The molecule has 0 saturated carbocycles. The van der Waals surface area contributed by atoms with E-state index in [1.54, 1.807) is 21.6 Å². The first-order valence-electron chi connectivity index (χ1n) is 6.83. The maximum atomic E-state index is 12.4. The molecule has 0 aliphatic carbocycles. The maximum absolute atomic E-state index is 12.4. The third-order valence-corrected chi connectivity index (χ3v) is 4.21. The van der Waals surface area contributed by atoms with Crippen LogP contribution in [0, 0.1) is 0 Å². The topological polar surface area (TPSA) is 70.1 Å². The lowest BCUT2D eigenvalue weighted by Gasteiger charge is -2.37. The van der Waals surface area contributed by atoms with Gasteiger partial charge in [-0.05, 0) is 12.7 Å². The number of urea groups is 1. The van der Waals surface area contributed by atoms with Crippen molar-refractivity contribution >= 4 is 23.8 Å². The van der Waals surface area contributed by atoms with E-state index in [1.165, 1.54) is 0 Å². The highest BCUT2D eigenvalue weighted by atomic mass is 32.2. The summed E-state index contributed by atoms with van der Waals surface area (Å²) in [4.78, 5) is 26.6. The first-order valence-corrected chi connectivity index (χ1v) is 8.23. The van der Waals surface area contributed by atoms with E-state index in [-0.39, 0.29) is 18.5 Å². The molecule has 0 bridgehead atoms. The number of thioether (sulfide) groups is 1. The van der Waals surface area contributed by atoms with Crippen molar-refractivity contribution < 1.29 is 19.4 Å². The second kappa shape index (κ2) is 8.36. The molecular formula is C13H24N2O4S. The summed E-state index contributed by atoms with van der Waals surface area (Å²) in [6, 6.07) is 0.169. The highest BCUT2D eigenvalue weighted by Crippen LogP contribution is 2.14. The number of morpholine rings is 1. The van der Waals surface area contributed by atoms with Crippen LogP contribution in [0.1, 0.15) is 19.8 Å². The molecule has 0 aromatic heterocycles. The highest BCUT2D eigenvalue weighted by Gasteiger charge is 2.29. The van der Waals surface area contributed by atoms with Gasteiger partial charge in [-0.2, -0.15) is 11.8 Å². The normalized spacial score (nSPS) is 20.6. The van der Waals surface area contributed by atoms with Crippen LogP contribution in [0.25, 0.3) is 0 Å². The second-order valence-corrected chi connectivity index (χ2v) is 5.86. The van der Waals surface area contributed by atoms with Crippen molar-refractivity contribution in [2.24, 2.45) is 0 Å². The molecule has 6 nitrogen and oxygen atoms in total. The van der Waals surface area contributed by atoms with Crippen LogP contribution in [0.15, 0.2) is 0 Å². The fourth-order valence-electron chi connectivity index (χ4n) is 2.29. The molecule has 2 atom stereocenters.